The van der Waals surface area contributed by atoms with Crippen molar-refractivity contribution in [3.63, 3.8) is 0 Å². The van der Waals surface area contributed by atoms with Crippen LogP contribution in [0.4, 0.5) is 11.4 Å². The Kier molecular flexibility index (Phi) is 8.74. The van der Waals surface area contributed by atoms with E-state index in [1.807, 2.05) is 18.2 Å². The summed E-state index contributed by atoms with van der Waals surface area (Å²) in [5.74, 6) is -0.0954. The van der Waals surface area contributed by atoms with Crippen LogP contribution < -0.4 is 14.9 Å². The molecule has 0 atom stereocenters. The maximum absolute atomic E-state index is 13.3. The Morgan fingerprint density at radius 1 is 1.06 bits per heavy atom. The topological polar surface area (TPSA) is 81.8 Å². The van der Waals surface area contributed by atoms with Crippen LogP contribution in [-0.2, 0) is 16.4 Å². The van der Waals surface area contributed by atoms with E-state index in [1.54, 1.807) is 36.2 Å². The number of aryl methyl sites for hydroxylation is 1. The van der Waals surface area contributed by atoms with Crippen LogP contribution in [0, 0.1) is 0 Å². The minimum atomic E-state index is -3.76. The first-order valence-electron chi connectivity index (χ1n) is 11.8. The highest BCUT2D eigenvalue weighted by Crippen LogP contribution is 2.28. The Labute approximate surface area is 198 Å². The van der Waals surface area contributed by atoms with Gasteiger partial charge in [0.15, 0.2) is 0 Å². The van der Waals surface area contributed by atoms with Crippen molar-refractivity contribution in [2.75, 3.05) is 49.4 Å². The summed E-state index contributed by atoms with van der Waals surface area (Å²) in [4.78, 5) is 17.4. The molecule has 8 heteroatoms. The molecule has 1 saturated heterocycles. The SMILES string of the molecule is CCCCN(C)C(=O)c1cc(NS(=O)(=O)c2ccc(CCC)cc2)ccc1N1CCNCC1. The zero-order chi connectivity index (χ0) is 23.8. The molecule has 1 aliphatic heterocycles. The molecule has 0 unspecified atom stereocenters. The van der Waals surface area contributed by atoms with Crippen molar-refractivity contribution in [2.45, 2.75) is 44.4 Å². The molecule has 2 aromatic rings. The number of sulfonamides is 1. The van der Waals surface area contributed by atoms with E-state index < -0.39 is 10.0 Å². The highest BCUT2D eigenvalue weighted by Gasteiger charge is 2.23. The lowest BCUT2D eigenvalue weighted by Gasteiger charge is -2.32. The molecular formula is C25H36N4O3S. The van der Waals surface area contributed by atoms with Gasteiger partial charge in [-0.2, -0.15) is 0 Å². The summed E-state index contributed by atoms with van der Waals surface area (Å²) in [6.07, 6.45) is 3.84. The second-order valence-corrected chi connectivity index (χ2v) is 10.2. The van der Waals surface area contributed by atoms with Crippen molar-refractivity contribution >= 4 is 27.3 Å². The zero-order valence-electron chi connectivity index (χ0n) is 19.9. The fraction of sp³-hybridized carbons (Fsp3) is 0.480. The van der Waals surface area contributed by atoms with Crippen molar-refractivity contribution in [2.24, 2.45) is 0 Å². The van der Waals surface area contributed by atoms with Gasteiger partial charge in [-0.1, -0.05) is 38.8 Å². The van der Waals surface area contributed by atoms with Crippen molar-refractivity contribution in [1.82, 2.24) is 10.2 Å². The summed E-state index contributed by atoms with van der Waals surface area (Å²) < 4.78 is 28.6. The van der Waals surface area contributed by atoms with E-state index in [1.165, 1.54) is 0 Å². The first-order chi connectivity index (χ1) is 15.9. The third-order valence-corrected chi connectivity index (χ3v) is 7.30. The highest BCUT2D eigenvalue weighted by molar-refractivity contribution is 7.92. The van der Waals surface area contributed by atoms with Gasteiger partial charge in [0, 0.05) is 51.1 Å². The first-order valence-corrected chi connectivity index (χ1v) is 13.3. The van der Waals surface area contributed by atoms with E-state index in [9.17, 15) is 13.2 Å². The Morgan fingerprint density at radius 2 is 1.76 bits per heavy atom. The average Bonchev–Trinajstić information content (AvgIpc) is 2.83. The first kappa shape index (κ1) is 25.1. The molecule has 0 spiro atoms. The monoisotopic (exact) mass is 472 g/mol. The number of carbonyl (C=O) groups excluding carboxylic acids is 1. The quantitative estimate of drug-likeness (QED) is 0.551. The molecule has 2 aromatic carbocycles. The summed E-state index contributed by atoms with van der Waals surface area (Å²) in [7, 11) is -1.96. The number of rotatable bonds is 10. The van der Waals surface area contributed by atoms with Gasteiger partial charge in [0.05, 0.1) is 10.5 Å². The van der Waals surface area contributed by atoms with Crippen molar-refractivity contribution in [1.29, 1.82) is 0 Å². The number of nitrogens with zero attached hydrogens (tertiary/aromatic N) is 2. The fourth-order valence-electron chi connectivity index (χ4n) is 3.99. The Balaban J connectivity index is 1.89. The molecule has 180 valence electrons. The number of benzene rings is 2. The van der Waals surface area contributed by atoms with Crippen LogP contribution in [0.25, 0.3) is 0 Å². The summed E-state index contributed by atoms with van der Waals surface area (Å²) in [6, 6.07) is 12.2. The van der Waals surface area contributed by atoms with E-state index in [2.05, 4.69) is 28.8 Å². The van der Waals surface area contributed by atoms with Crippen LogP contribution in [0.2, 0.25) is 0 Å². The van der Waals surface area contributed by atoms with Crippen LogP contribution in [-0.4, -0.2) is 59.0 Å². The Hall–Kier alpha value is -2.58. The van der Waals surface area contributed by atoms with E-state index in [4.69, 9.17) is 0 Å². The van der Waals surface area contributed by atoms with E-state index >= 15 is 0 Å². The molecule has 0 aromatic heterocycles. The van der Waals surface area contributed by atoms with E-state index in [-0.39, 0.29) is 10.8 Å². The third kappa shape index (κ3) is 6.48. The van der Waals surface area contributed by atoms with Gasteiger partial charge in [0.2, 0.25) is 0 Å². The number of nitrogens with one attached hydrogen (secondary N) is 2. The molecule has 1 heterocycles. The van der Waals surface area contributed by atoms with Crippen molar-refractivity contribution in [3.8, 4) is 0 Å². The van der Waals surface area contributed by atoms with Crippen LogP contribution in [0.15, 0.2) is 47.4 Å². The molecule has 1 fully saturated rings. The largest absolute Gasteiger partial charge is 0.368 e. The van der Waals surface area contributed by atoms with Gasteiger partial charge in [-0.15, -0.1) is 0 Å². The Morgan fingerprint density at radius 3 is 2.39 bits per heavy atom. The second kappa shape index (κ2) is 11.5. The van der Waals surface area contributed by atoms with Crippen LogP contribution in [0.5, 0.6) is 0 Å². The molecule has 2 N–H and O–H groups in total. The van der Waals surface area contributed by atoms with Crippen LogP contribution in [0.3, 0.4) is 0 Å². The van der Waals surface area contributed by atoms with Crippen molar-refractivity contribution < 1.29 is 13.2 Å². The van der Waals surface area contributed by atoms with Gasteiger partial charge in [-0.25, -0.2) is 8.42 Å². The maximum atomic E-state index is 13.3. The van der Waals surface area contributed by atoms with Crippen LogP contribution >= 0.6 is 0 Å². The van der Waals surface area contributed by atoms with Gasteiger partial charge in [-0.05, 0) is 48.7 Å². The molecule has 0 radical (unpaired) electrons. The van der Waals surface area contributed by atoms with Gasteiger partial charge in [0.25, 0.3) is 15.9 Å². The smallest absolute Gasteiger partial charge is 0.261 e. The molecule has 3 rings (SSSR count). The van der Waals surface area contributed by atoms with Crippen molar-refractivity contribution in [3.05, 3.63) is 53.6 Å². The lowest BCUT2D eigenvalue weighted by Crippen LogP contribution is -2.44. The summed E-state index contributed by atoms with van der Waals surface area (Å²) in [5, 5.41) is 3.33. The van der Waals surface area contributed by atoms with Gasteiger partial charge >= 0.3 is 0 Å². The number of piperazine rings is 1. The van der Waals surface area contributed by atoms with Gasteiger partial charge < -0.3 is 15.1 Å². The zero-order valence-corrected chi connectivity index (χ0v) is 20.7. The Bertz CT molecular complexity index is 1030. The maximum Gasteiger partial charge on any atom is 0.261 e. The van der Waals surface area contributed by atoms with E-state index in [0.29, 0.717) is 17.8 Å². The molecule has 1 aliphatic rings. The molecule has 33 heavy (non-hydrogen) atoms. The third-order valence-electron chi connectivity index (χ3n) is 5.90. The second-order valence-electron chi connectivity index (χ2n) is 8.55. The predicted molar refractivity (Wildman–Crippen MR) is 135 cm³/mol. The van der Waals surface area contributed by atoms with E-state index in [0.717, 1.165) is 63.1 Å². The molecule has 0 bridgehead atoms. The molecular weight excluding hydrogens is 436 g/mol. The minimum absolute atomic E-state index is 0.0954. The summed E-state index contributed by atoms with van der Waals surface area (Å²) >= 11 is 0. The minimum Gasteiger partial charge on any atom is -0.368 e. The highest BCUT2D eigenvalue weighted by atomic mass is 32.2. The molecule has 1 amide bonds. The number of anilines is 2. The average molecular weight is 473 g/mol. The summed E-state index contributed by atoms with van der Waals surface area (Å²) in [5.41, 5.74) is 2.87. The number of hydrogen-bond acceptors (Lipinski definition) is 5. The number of hydrogen-bond donors (Lipinski definition) is 2. The normalized spacial score (nSPS) is 14.2. The predicted octanol–water partition coefficient (Wildman–Crippen LogP) is 3.72. The number of carbonyl (C=O) groups is 1. The van der Waals surface area contributed by atoms with Gasteiger partial charge in [0.1, 0.15) is 0 Å². The standard InChI is InChI=1S/C25H36N4O3S/c1-4-6-16-28(3)25(30)23-19-21(10-13-24(23)29-17-14-26-15-18-29)27-33(31,32)22-11-8-20(7-5-2)9-12-22/h8-13,19,26-27H,4-7,14-18H2,1-3H3. The lowest BCUT2D eigenvalue weighted by molar-refractivity contribution is 0.0794. The lowest BCUT2D eigenvalue weighted by atomic mass is 10.1. The molecule has 0 aliphatic carbocycles. The van der Waals surface area contributed by atoms with Gasteiger partial charge in [-0.3, -0.25) is 9.52 Å². The molecule has 0 saturated carbocycles. The fourth-order valence-corrected chi connectivity index (χ4v) is 5.04. The summed E-state index contributed by atoms with van der Waals surface area (Å²) in [6.45, 7) is 8.14. The number of amides is 1. The number of unbranched alkanes of at least 4 members (excludes halogenated alkanes) is 1. The molecule has 7 nitrogen and oxygen atoms in total. The van der Waals surface area contributed by atoms with Crippen LogP contribution in [0.1, 0.15) is 49.0 Å².